The van der Waals surface area contributed by atoms with Crippen LogP contribution >= 0.6 is 23.2 Å². The Morgan fingerprint density at radius 1 is 1.06 bits per heavy atom. The second-order valence-corrected chi connectivity index (χ2v) is 9.75. The Morgan fingerprint density at radius 3 is 2.26 bits per heavy atom. The summed E-state index contributed by atoms with van der Waals surface area (Å²) in [6.07, 6.45) is 1.02. The first-order valence-corrected chi connectivity index (χ1v) is 12.2. The zero-order chi connectivity index (χ0) is 23.2. The van der Waals surface area contributed by atoms with Crippen LogP contribution in [-0.4, -0.2) is 50.5 Å². The molecular weight excluding hydrogens is 461 g/mol. The number of carbonyl (C=O) groups excluding carboxylic acids is 2. The summed E-state index contributed by atoms with van der Waals surface area (Å²) >= 11 is 12.0. The fourth-order valence-electron chi connectivity index (χ4n) is 2.96. The molecule has 2 aromatic rings. The van der Waals surface area contributed by atoms with E-state index in [-0.39, 0.29) is 12.5 Å². The number of benzene rings is 2. The summed E-state index contributed by atoms with van der Waals surface area (Å²) in [5, 5.41) is 3.63. The van der Waals surface area contributed by atoms with Crippen LogP contribution in [0.2, 0.25) is 10.0 Å². The second kappa shape index (κ2) is 10.8. The molecule has 2 rings (SSSR count). The Hall–Kier alpha value is -2.29. The van der Waals surface area contributed by atoms with Crippen molar-refractivity contribution < 1.29 is 18.0 Å². The van der Waals surface area contributed by atoms with Crippen LogP contribution in [0.25, 0.3) is 0 Å². The van der Waals surface area contributed by atoms with E-state index >= 15 is 0 Å². The fraction of sp³-hybridized carbons (Fsp3) is 0.333. The molecule has 2 amide bonds. The van der Waals surface area contributed by atoms with Crippen LogP contribution in [0.1, 0.15) is 19.4 Å². The molecule has 0 aliphatic carbocycles. The van der Waals surface area contributed by atoms with Gasteiger partial charge in [-0.25, -0.2) is 8.42 Å². The molecule has 0 saturated heterocycles. The molecule has 2 aromatic carbocycles. The summed E-state index contributed by atoms with van der Waals surface area (Å²) in [6.45, 7) is 3.41. The van der Waals surface area contributed by atoms with Gasteiger partial charge in [0.15, 0.2) is 0 Å². The summed E-state index contributed by atoms with van der Waals surface area (Å²) in [4.78, 5) is 27.1. The molecule has 0 aliphatic rings. The number of carbonyl (C=O) groups is 2. The summed E-state index contributed by atoms with van der Waals surface area (Å²) in [5.41, 5.74) is 1.02. The molecule has 0 saturated carbocycles. The van der Waals surface area contributed by atoms with E-state index in [9.17, 15) is 18.0 Å². The van der Waals surface area contributed by atoms with Crippen LogP contribution < -0.4 is 9.62 Å². The van der Waals surface area contributed by atoms with Crippen molar-refractivity contribution in [3.8, 4) is 0 Å². The maximum Gasteiger partial charge on any atom is 0.244 e. The molecule has 7 nitrogen and oxygen atoms in total. The summed E-state index contributed by atoms with van der Waals surface area (Å²) < 4.78 is 25.8. The highest BCUT2D eigenvalue weighted by Crippen LogP contribution is 2.21. The first kappa shape index (κ1) is 25.0. The number of hydrogen-bond donors (Lipinski definition) is 1. The Morgan fingerprint density at radius 2 is 1.71 bits per heavy atom. The zero-order valence-electron chi connectivity index (χ0n) is 17.5. The topological polar surface area (TPSA) is 86.8 Å². The lowest BCUT2D eigenvalue weighted by Crippen LogP contribution is -2.51. The molecule has 168 valence electrons. The van der Waals surface area contributed by atoms with Crippen molar-refractivity contribution in [3.05, 3.63) is 64.1 Å². The smallest absolute Gasteiger partial charge is 0.244 e. The Labute approximate surface area is 193 Å². The highest BCUT2D eigenvalue weighted by molar-refractivity contribution is 7.92. The number of rotatable bonds is 9. The number of sulfonamides is 1. The fourth-order valence-corrected chi connectivity index (χ4v) is 4.15. The molecule has 0 heterocycles. The molecule has 0 radical (unpaired) electrons. The van der Waals surface area contributed by atoms with Crippen molar-refractivity contribution in [2.75, 3.05) is 23.7 Å². The summed E-state index contributed by atoms with van der Waals surface area (Å²) in [5.74, 6) is -0.866. The van der Waals surface area contributed by atoms with Gasteiger partial charge in [0.05, 0.1) is 11.9 Å². The largest absolute Gasteiger partial charge is 0.355 e. The van der Waals surface area contributed by atoms with Crippen molar-refractivity contribution in [2.24, 2.45) is 0 Å². The van der Waals surface area contributed by atoms with Gasteiger partial charge < -0.3 is 10.2 Å². The standard InChI is InChI=1S/C21H25Cl2N3O4S/c1-4-24-21(28)15(2)25(13-16-6-5-7-18(23)12-16)20(27)14-26(31(3,29)30)19-10-8-17(22)9-11-19/h5-12,15H,4,13-14H2,1-3H3,(H,24,28)/t15-/m0/s1. The lowest BCUT2D eigenvalue weighted by molar-refractivity contribution is -0.139. The van der Waals surface area contributed by atoms with Gasteiger partial charge in [0.25, 0.3) is 0 Å². The number of nitrogens with one attached hydrogen (secondary N) is 1. The predicted octanol–water partition coefficient (Wildman–Crippen LogP) is 3.31. The van der Waals surface area contributed by atoms with Gasteiger partial charge in [0.1, 0.15) is 12.6 Å². The minimum atomic E-state index is -3.77. The molecule has 10 heteroatoms. The van der Waals surface area contributed by atoms with E-state index in [1.54, 1.807) is 50.2 Å². The van der Waals surface area contributed by atoms with Gasteiger partial charge in [-0.1, -0.05) is 35.3 Å². The number of anilines is 1. The average molecular weight is 486 g/mol. The van der Waals surface area contributed by atoms with E-state index in [0.717, 1.165) is 16.1 Å². The number of nitrogens with zero attached hydrogens (tertiary/aromatic N) is 2. The van der Waals surface area contributed by atoms with Crippen LogP contribution in [0.15, 0.2) is 48.5 Å². The predicted molar refractivity (Wildman–Crippen MR) is 124 cm³/mol. The Bertz CT molecular complexity index is 1030. The van der Waals surface area contributed by atoms with Crippen molar-refractivity contribution in [3.63, 3.8) is 0 Å². The van der Waals surface area contributed by atoms with Crippen LogP contribution in [0.5, 0.6) is 0 Å². The van der Waals surface area contributed by atoms with Gasteiger partial charge in [-0.3, -0.25) is 13.9 Å². The third kappa shape index (κ3) is 7.12. The minimum absolute atomic E-state index is 0.0932. The number of likely N-dealkylation sites (N-methyl/N-ethyl adjacent to an activating group) is 1. The van der Waals surface area contributed by atoms with Crippen LogP contribution in [0.4, 0.5) is 5.69 Å². The first-order chi connectivity index (χ1) is 14.5. The molecular formula is C21H25Cl2N3O4S. The van der Waals surface area contributed by atoms with E-state index in [4.69, 9.17) is 23.2 Å². The van der Waals surface area contributed by atoms with Gasteiger partial charge in [-0.05, 0) is 55.8 Å². The number of amides is 2. The van der Waals surface area contributed by atoms with Crippen molar-refractivity contribution in [1.82, 2.24) is 10.2 Å². The number of halogens is 2. The van der Waals surface area contributed by atoms with E-state index in [2.05, 4.69) is 5.32 Å². The van der Waals surface area contributed by atoms with Crippen molar-refractivity contribution in [1.29, 1.82) is 0 Å². The number of hydrogen-bond acceptors (Lipinski definition) is 4. The highest BCUT2D eigenvalue weighted by Gasteiger charge is 2.29. The van der Waals surface area contributed by atoms with Gasteiger partial charge in [0.2, 0.25) is 21.8 Å². The Balaban J connectivity index is 2.37. The van der Waals surface area contributed by atoms with Crippen molar-refractivity contribution >= 4 is 50.7 Å². The van der Waals surface area contributed by atoms with Crippen LogP contribution in [0, 0.1) is 0 Å². The third-order valence-corrected chi connectivity index (χ3v) is 6.18. The average Bonchev–Trinajstić information content (AvgIpc) is 2.70. The molecule has 31 heavy (non-hydrogen) atoms. The van der Waals surface area contributed by atoms with E-state index in [1.165, 1.54) is 17.0 Å². The maximum atomic E-state index is 13.3. The molecule has 1 atom stereocenters. The summed E-state index contributed by atoms with van der Waals surface area (Å²) in [6, 6.07) is 12.2. The molecule has 0 fully saturated rings. The monoisotopic (exact) mass is 485 g/mol. The summed E-state index contributed by atoms with van der Waals surface area (Å²) in [7, 11) is -3.77. The van der Waals surface area contributed by atoms with E-state index in [0.29, 0.717) is 22.3 Å². The van der Waals surface area contributed by atoms with Gasteiger partial charge in [-0.15, -0.1) is 0 Å². The molecule has 0 bridgehead atoms. The Kier molecular flexibility index (Phi) is 8.73. The van der Waals surface area contributed by atoms with Crippen LogP contribution in [-0.2, 0) is 26.2 Å². The quantitative estimate of drug-likeness (QED) is 0.589. The van der Waals surface area contributed by atoms with E-state index < -0.39 is 28.5 Å². The zero-order valence-corrected chi connectivity index (χ0v) is 19.8. The third-order valence-electron chi connectivity index (χ3n) is 4.55. The second-order valence-electron chi connectivity index (χ2n) is 6.97. The minimum Gasteiger partial charge on any atom is -0.355 e. The van der Waals surface area contributed by atoms with Gasteiger partial charge >= 0.3 is 0 Å². The SMILES string of the molecule is CCNC(=O)[C@H](C)N(Cc1cccc(Cl)c1)C(=O)CN(c1ccc(Cl)cc1)S(C)(=O)=O. The first-order valence-electron chi connectivity index (χ1n) is 9.57. The lowest BCUT2D eigenvalue weighted by Gasteiger charge is -2.31. The van der Waals surface area contributed by atoms with Gasteiger partial charge in [0, 0.05) is 23.1 Å². The maximum absolute atomic E-state index is 13.3. The molecule has 0 aliphatic heterocycles. The molecule has 0 aromatic heterocycles. The molecule has 0 spiro atoms. The normalized spacial score (nSPS) is 12.2. The lowest BCUT2D eigenvalue weighted by atomic mass is 10.1. The highest BCUT2D eigenvalue weighted by atomic mass is 35.5. The molecule has 0 unspecified atom stereocenters. The molecule has 1 N–H and O–H groups in total. The van der Waals surface area contributed by atoms with Crippen LogP contribution in [0.3, 0.4) is 0 Å². The van der Waals surface area contributed by atoms with Gasteiger partial charge in [-0.2, -0.15) is 0 Å². The van der Waals surface area contributed by atoms with Crippen molar-refractivity contribution in [2.45, 2.75) is 26.4 Å². The van der Waals surface area contributed by atoms with E-state index in [1.807, 2.05) is 0 Å².